The number of hydrogen-bond acceptors (Lipinski definition) is 3. The highest BCUT2D eigenvalue weighted by Crippen LogP contribution is 2.18. The lowest BCUT2D eigenvalue weighted by atomic mass is 9.99. The monoisotopic (exact) mass is 354 g/mol. The van der Waals surface area contributed by atoms with Gasteiger partial charge in [-0.15, -0.1) is 11.3 Å². The molecule has 3 nitrogen and oxygen atoms in total. The number of likely N-dealkylation sites (tertiary alicyclic amines) is 1. The Kier molecular flexibility index (Phi) is 6.42. The molecule has 1 saturated heterocycles. The molecule has 3 rings (SSSR count). The molecule has 0 spiro atoms. The summed E-state index contributed by atoms with van der Waals surface area (Å²) in [6.45, 7) is 6.35. The molecule has 1 aliphatic heterocycles. The van der Waals surface area contributed by atoms with Gasteiger partial charge in [0.1, 0.15) is 0 Å². The van der Waals surface area contributed by atoms with Crippen LogP contribution in [0.3, 0.4) is 0 Å². The van der Waals surface area contributed by atoms with Crippen LogP contribution in [-0.4, -0.2) is 23.9 Å². The molecular formula is C21H26N2OS. The van der Waals surface area contributed by atoms with Crippen LogP contribution in [0.15, 0.2) is 47.9 Å². The minimum absolute atomic E-state index is 0.0556. The molecule has 0 saturated carbocycles. The summed E-state index contributed by atoms with van der Waals surface area (Å²) in [7, 11) is 0. The lowest BCUT2D eigenvalue weighted by molar-refractivity contribution is -0.116. The fourth-order valence-electron chi connectivity index (χ4n) is 3.03. The Morgan fingerprint density at radius 2 is 1.92 bits per heavy atom. The topological polar surface area (TPSA) is 32.3 Å². The van der Waals surface area contributed by atoms with Crippen molar-refractivity contribution in [1.29, 1.82) is 0 Å². The largest absolute Gasteiger partial charge is 0.348 e. The van der Waals surface area contributed by atoms with Crippen molar-refractivity contribution in [3.05, 3.63) is 63.9 Å². The third kappa shape index (κ3) is 5.83. The lowest BCUT2D eigenvalue weighted by Crippen LogP contribution is -2.32. The molecule has 1 aromatic heterocycles. The van der Waals surface area contributed by atoms with Crippen LogP contribution in [0, 0.1) is 5.92 Å². The SMILES string of the molecule is CC1CCN(Cc2ccc(CNC(=O)C=Cc3cccs3)cc2)CC1. The summed E-state index contributed by atoms with van der Waals surface area (Å²) in [5, 5.41) is 4.94. The molecule has 1 amide bonds. The molecule has 25 heavy (non-hydrogen) atoms. The van der Waals surface area contributed by atoms with Gasteiger partial charge in [-0.05, 0) is 60.5 Å². The first kappa shape index (κ1) is 17.9. The Bertz CT molecular complexity index is 683. The average molecular weight is 355 g/mol. The summed E-state index contributed by atoms with van der Waals surface area (Å²) in [4.78, 5) is 15.5. The summed E-state index contributed by atoms with van der Waals surface area (Å²) in [6.07, 6.45) is 6.06. The zero-order chi connectivity index (χ0) is 17.5. The van der Waals surface area contributed by atoms with E-state index in [9.17, 15) is 4.79 Å². The van der Waals surface area contributed by atoms with Crippen molar-refractivity contribution in [2.45, 2.75) is 32.9 Å². The molecule has 1 N–H and O–H groups in total. The number of thiophene rings is 1. The second-order valence-electron chi connectivity index (χ2n) is 6.84. The van der Waals surface area contributed by atoms with E-state index in [1.165, 1.54) is 31.5 Å². The third-order valence-corrected chi connectivity index (χ3v) is 5.55. The number of nitrogens with zero attached hydrogens (tertiary/aromatic N) is 1. The van der Waals surface area contributed by atoms with E-state index in [0.29, 0.717) is 6.54 Å². The number of carbonyl (C=O) groups excluding carboxylic acids is 1. The zero-order valence-electron chi connectivity index (χ0n) is 14.8. The minimum Gasteiger partial charge on any atom is -0.348 e. The van der Waals surface area contributed by atoms with Gasteiger partial charge in [0.05, 0.1) is 0 Å². The molecular weight excluding hydrogens is 328 g/mol. The summed E-state index contributed by atoms with van der Waals surface area (Å²) in [6, 6.07) is 12.6. The van der Waals surface area contributed by atoms with Gasteiger partial charge in [-0.25, -0.2) is 0 Å². The summed E-state index contributed by atoms with van der Waals surface area (Å²) in [5.74, 6) is 0.816. The second kappa shape index (κ2) is 8.97. The van der Waals surface area contributed by atoms with Crippen molar-refractivity contribution in [3.8, 4) is 0 Å². The summed E-state index contributed by atoms with van der Waals surface area (Å²) < 4.78 is 0. The van der Waals surface area contributed by atoms with Crippen molar-refractivity contribution < 1.29 is 4.79 Å². The maximum Gasteiger partial charge on any atom is 0.244 e. The van der Waals surface area contributed by atoms with E-state index in [-0.39, 0.29) is 5.91 Å². The van der Waals surface area contributed by atoms with E-state index < -0.39 is 0 Å². The number of carbonyl (C=O) groups is 1. The predicted molar refractivity (Wildman–Crippen MR) is 105 cm³/mol. The molecule has 0 bridgehead atoms. The van der Waals surface area contributed by atoms with Crippen molar-refractivity contribution >= 4 is 23.3 Å². The average Bonchev–Trinajstić information content (AvgIpc) is 3.15. The fourth-order valence-corrected chi connectivity index (χ4v) is 3.65. The first-order valence-corrected chi connectivity index (χ1v) is 9.86. The van der Waals surface area contributed by atoms with Gasteiger partial charge in [0.25, 0.3) is 0 Å². The molecule has 0 aliphatic carbocycles. The summed E-state index contributed by atoms with van der Waals surface area (Å²) in [5.41, 5.74) is 2.48. The van der Waals surface area contributed by atoms with Gasteiger partial charge in [0.15, 0.2) is 0 Å². The van der Waals surface area contributed by atoms with Crippen LogP contribution in [0.25, 0.3) is 6.08 Å². The summed E-state index contributed by atoms with van der Waals surface area (Å²) >= 11 is 1.62. The Hall–Kier alpha value is -1.91. The Balaban J connectivity index is 1.43. The molecule has 1 aliphatic rings. The van der Waals surface area contributed by atoms with E-state index in [2.05, 4.69) is 41.4 Å². The van der Waals surface area contributed by atoms with Gasteiger partial charge in [-0.1, -0.05) is 37.3 Å². The van der Waals surface area contributed by atoms with Crippen LogP contribution < -0.4 is 5.32 Å². The zero-order valence-corrected chi connectivity index (χ0v) is 15.6. The highest BCUT2D eigenvalue weighted by Gasteiger charge is 2.15. The number of piperidine rings is 1. The molecule has 1 fully saturated rings. The lowest BCUT2D eigenvalue weighted by Gasteiger charge is -2.30. The number of amides is 1. The van der Waals surface area contributed by atoms with Gasteiger partial charge in [0, 0.05) is 24.0 Å². The highest BCUT2D eigenvalue weighted by molar-refractivity contribution is 7.10. The standard InChI is InChI=1S/C21H26N2OS/c1-17-10-12-23(13-11-17)16-19-6-4-18(5-7-19)15-22-21(24)9-8-20-3-2-14-25-20/h2-9,14,17H,10-13,15-16H2,1H3,(H,22,24). The van der Waals surface area contributed by atoms with Crippen LogP contribution in [0.4, 0.5) is 0 Å². The molecule has 4 heteroatoms. The van der Waals surface area contributed by atoms with Crippen LogP contribution in [0.2, 0.25) is 0 Å². The second-order valence-corrected chi connectivity index (χ2v) is 7.82. The van der Waals surface area contributed by atoms with Crippen LogP contribution >= 0.6 is 11.3 Å². The van der Waals surface area contributed by atoms with Crippen molar-refractivity contribution in [3.63, 3.8) is 0 Å². The maximum atomic E-state index is 11.9. The number of hydrogen-bond donors (Lipinski definition) is 1. The predicted octanol–water partition coefficient (Wildman–Crippen LogP) is 4.31. The van der Waals surface area contributed by atoms with E-state index in [4.69, 9.17) is 0 Å². The Labute approximate surface area is 154 Å². The van der Waals surface area contributed by atoms with Gasteiger partial charge in [0.2, 0.25) is 5.91 Å². The van der Waals surface area contributed by atoms with E-state index in [1.807, 2.05) is 23.6 Å². The van der Waals surface area contributed by atoms with Gasteiger partial charge in [-0.3, -0.25) is 9.69 Å². The van der Waals surface area contributed by atoms with Gasteiger partial charge >= 0.3 is 0 Å². The molecule has 132 valence electrons. The molecule has 2 heterocycles. The van der Waals surface area contributed by atoms with E-state index in [1.54, 1.807) is 17.4 Å². The minimum atomic E-state index is -0.0556. The maximum absolute atomic E-state index is 11.9. The van der Waals surface area contributed by atoms with Crippen molar-refractivity contribution in [2.75, 3.05) is 13.1 Å². The van der Waals surface area contributed by atoms with Gasteiger partial charge < -0.3 is 5.32 Å². The fraction of sp³-hybridized carbons (Fsp3) is 0.381. The highest BCUT2D eigenvalue weighted by atomic mass is 32.1. The van der Waals surface area contributed by atoms with Crippen LogP contribution in [0.5, 0.6) is 0 Å². The number of rotatable bonds is 6. The van der Waals surface area contributed by atoms with E-state index in [0.717, 1.165) is 22.9 Å². The Morgan fingerprint density at radius 3 is 2.60 bits per heavy atom. The Morgan fingerprint density at radius 1 is 1.20 bits per heavy atom. The van der Waals surface area contributed by atoms with Crippen LogP contribution in [0.1, 0.15) is 35.8 Å². The van der Waals surface area contributed by atoms with Crippen LogP contribution in [-0.2, 0) is 17.9 Å². The molecule has 0 atom stereocenters. The number of nitrogens with one attached hydrogen (secondary N) is 1. The normalized spacial score (nSPS) is 16.4. The van der Waals surface area contributed by atoms with Crippen molar-refractivity contribution in [2.24, 2.45) is 5.92 Å². The quantitative estimate of drug-likeness (QED) is 0.784. The molecule has 0 unspecified atom stereocenters. The smallest absolute Gasteiger partial charge is 0.244 e. The molecule has 0 radical (unpaired) electrons. The molecule has 2 aromatic rings. The van der Waals surface area contributed by atoms with Crippen molar-refractivity contribution in [1.82, 2.24) is 10.2 Å². The first-order chi connectivity index (χ1) is 12.2. The third-order valence-electron chi connectivity index (χ3n) is 4.71. The first-order valence-electron chi connectivity index (χ1n) is 8.98. The van der Waals surface area contributed by atoms with E-state index >= 15 is 0 Å². The molecule has 1 aromatic carbocycles. The van der Waals surface area contributed by atoms with Gasteiger partial charge in [-0.2, -0.15) is 0 Å². The number of benzene rings is 1.